The Balaban J connectivity index is 2.99. The molecule has 0 aliphatic heterocycles. The highest BCUT2D eigenvalue weighted by atomic mass is 16.6. The topological polar surface area (TPSA) is 62.9 Å². The lowest BCUT2D eigenvalue weighted by Gasteiger charge is -2.17. The largest absolute Gasteiger partial charge is 0.493 e. The van der Waals surface area contributed by atoms with E-state index < -0.39 is 0 Å². The Hall–Kier alpha value is -1.46. The number of ether oxygens (including phenoxy) is 4. The summed E-state index contributed by atoms with van der Waals surface area (Å²) in [5.74, 6) is 1.88. The molecule has 0 amide bonds. The third-order valence-corrected chi connectivity index (χ3v) is 2.82. The van der Waals surface area contributed by atoms with E-state index in [-0.39, 0.29) is 6.10 Å². The molecular formula is C14H23NO4. The van der Waals surface area contributed by atoms with Gasteiger partial charge in [-0.05, 0) is 37.6 Å². The molecule has 1 rings (SSSR count). The SMILES string of the molecule is COc1cc(CCN)cc(OC)c1OCC(C)OC. The van der Waals surface area contributed by atoms with Gasteiger partial charge in [-0.15, -0.1) is 0 Å². The van der Waals surface area contributed by atoms with Crippen LogP contribution in [0.4, 0.5) is 0 Å². The highest BCUT2D eigenvalue weighted by Gasteiger charge is 2.15. The Kier molecular flexibility index (Phi) is 6.45. The molecule has 2 N–H and O–H groups in total. The first-order valence-electron chi connectivity index (χ1n) is 6.26. The van der Waals surface area contributed by atoms with Crippen LogP contribution in [0.2, 0.25) is 0 Å². The highest BCUT2D eigenvalue weighted by molar-refractivity contribution is 5.54. The molecule has 0 aromatic heterocycles. The zero-order valence-electron chi connectivity index (χ0n) is 12.1. The third kappa shape index (κ3) is 4.29. The molecule has 1 atom stereocenters. The minimum Gasteiger partial charge on any atom is -0.493 e. The number of nitrogens with two attached hydrogens (primary N) is 1. The van der Waals surface area contributed by atoms with Gasteiger partial charge in [-0.3, -0.25) is 0 Å². The average molecular weight is 269 g/mol. The van der Waals surface area contributed by atoms with E-state index in [1.807, 2.05) is 19.1 Å². The molecule has 1 unspecified atom stereocenters. The number of methoxy groups -OCH3 is 3. The van der Waals surface area contributed by atoms with Crippen LogP contribution in [0.25, 0.3) is 0 Å². The van der Waals surface area contributed by atoms with Gasteiger partial charge in [-0.2, -0.15) is 0 Å². The predicted molar refractivity (Wildman–Crippen MR) is 74.3 cm³/mol. The molecule has 0 aliphatic rings. The van der Waals surface area contributed by atoms with Gasteiger partial charge >= 0.3 is 0 Å². The van der Waals surface area contributed by atoms with Crippen LogP contribution in [0, 0.1) is 0 Å². The number of hydrogen-bond donors (Lipinski definition) is 1. The van der Waals surface area contributed by atoms with Gasteiger partial charge in [0.1, 0.15) is 6.61 Å². The van der Waals surface area contributed by atoms with Gasteiger partial charge in [0.2, 0.25) is 5.75 Å². The highest BCUT2D eigenvalue weighted by Crippen LogP contribution is 2.38. The van der Waals surface area contributed by atoms with E-state index in [1.165, 1.54) is 0 Å². The third-order valence-electron chi connectivity index (χ3n) is 2.82. The summed E-state index contributed by atoms with van der Waals surface area (Å²) in [6, 6.07) is 3.84. The van der Waals surface area contributed by atoms with E-state index in [1.54, 1.807) is 21.3 Å². The molecule has 0 aliphatic carbocycles. The van der Waals surface area contributed by atoms with E-state index in [2.05, 4.69) is 0 Å². The maximum absolute atomic E-state index is 5.73. The predicted octanol–water partition coefficient (Wildman–Crippen LogP) is 1.62. The molecule has 0 spiro atoms. The van der Waals surface area contributed by atoms with Gasteiger partial charge in [0.15, 0.2) is 11.5 Å². The Labute approximate surface area is 114 Å². The second kappa shape index (κ2) is 7.86. The van der Waals surface area contributed by atoms with Crippen LogP contribution in [-0.2, 0) is 11.2 Å². The first-order valence-corrected chi connectivity index (χ1v) is 6.26. The van der Waals surface area contributed by atoms with Crippen molar-refractivity contribution < 1.29 is 18.9 Å². The van der Waals surface area contributed by atoms with Gasteiger partial charge in [-0.25, -0.2) is 0 Å². The zero-order valence-corrected chi connectivity index (χ0v) is 12.1. The Morgan fingerprint density at radius 1 is 1.11 bits per heavy atom. The van der Waals surface area contributed by atoms with E-state index in [9.17, 15) is 0 Å². The van der Waals surface area contributed by atoms with E-state index in [4.69, 9.17) is 24.7 Å². The Bertz CT molecular complexity index is 370. The van der Waals surface area contributed by atoms with Gasteiger partial charge in [-0.1, -0.05) is 0 Å². The Morgan fingerprint density at radius 2 is 1.68 bits per heavy atom. The Morgan fingerprint density at radius 3 is 2.11 bits per heavy atom. The summed E-state index contributed by atoms with van der Waals surface area (Å²) in [4.78, 5) is 0. The lowest BCUT2D eigenvalue weighted by atomic mass is 10.1. The number of benzene rings is 1. The van der Waals surface area contributed by atoms with Crippen LogP contribution in [0.3, 0.4) is 0 Å². The molecule has 1 aromatic rings. The molecule has 5 heteroatoms. The van der Waals surface area contributed by atoms with Gasteiger partial charge < -0.3 is 24.7 Å². The van der Waals surface area contributed by atoms with Gasteiger partial charge in [0.25, 0.3) is 0 Å². The van der Waals surface area contributed by atoms with Crippen molar-refractivity contribution in [3.8, 4) is 17.2 Å². The van der Waals surface area contributed by atoms with Crippen molar-refractivity contribution in [3.05, 3.63) is 17.7 Å². The standard InChI is InChI=1S/C14H23NO4/c1-10(16-2)9-19-14-12(17-3)7-11(5-6-15)8-13(14)18-4/h7-8,10H,5-6,9,15H2,1-4H3. The van der Waals surface area contributed by atoms with Crippen molar-refractivity contribution in [1.29, 1.82) is 0 Å². The minimum atomic E-state index is -0.00173. The van der Waals surface area contributed by atoms with Crippen molar-refractivity contribution in [3.63, 3.8) is 0 Å². The van der Waals surface area contributed by atoms with Crippen molar-refractivity contribution in [1.82, 2.24) is 0 Å². The molecule has 0 bridgehead atoms. The first-order chi connectivity index (χ1) is 9.15. The fraction of sp³-hybridized carbons (Fsp3) is 0.571. The summed E-state index contributed by atoms with van der Waals surface area (Å²) in [6.45, 7) is 2.94. The van der Waals surface area contributed by atoms with Crippen LogP contribution in [0.15, 0.2) is 12.1 Å². The summed E-state index contributed by atoms with van der Waals surface area (Å²) in [6.07, 6.45) is 0.764. The molecule has 0 heterocycles. The molecular weight excluding hydrogens is 246 g/mol. The smallest absolute Gasteiger partial charge is 0.203 e. The second-order valence-corrected chi connectivity index (χ2v) is 4.23. The second-order valence-electron chi connectivity index (χ2n) is 4.23. The van der Waals surface area contributed by atoms with Crippen LogP contribution in [0.1, 0.15) is 12.5 Å². The fourth-order valence-corrected chi connectivity index (χ4v) is 1.66. The first kappa shape index (κ1) is 15.6. The van der Waals surface area contributed by atoms with Crippen molar-refractivity contribution in [2.75, 3.05) is 34.5 Å². The van der Waals surface area contributed by atoms with Gasteiger partial charge in [0, 0.05) is 7.11 Å². The molecule has 0 saturated heterocycles. The lowest BCUT2D eigenvalue weighted by Crippen LogP contribution is -2.16. The van der Waals surface area contributed by atoms with Crippen molar-refractivity contribution in [2.24, 2.45) is 5.73 Å². The number of hydrogen-bond acceptors (Lipinski definition) is 5. The normalized spacial score (nSPS) is 12.1. The van der Waals surface area contributed by atoms with Crippen LogP contribution in [0.5, 0.6) is 17.2 Å². The molecule has 0 saturated carbocycles. The maximum atomic E-state index is 5.73. The monoisotopic (exact) mass is 269 g/mol. The van der Waals surface area contributed by atoms with E-state index in [0.717, 1.165) is 12.0 Å². The maximum Gasteiger partial charge on any atom is 0.203 e. The summed E-state index contributed by atoms with van der Waals surface area (Å²) in [5, 5.41) is 0. The van der Waals surface area contributed by atoms with Gasteiger partial charge in [0.05, 0.1) is 20.3 Å². The molecule has 5 nitrogen and oxygen atoms in total. The summed E-state index contributed by atoms with van der Waals surface area (Å²) >= 11 is 0. The molecule has 19 heavy (non-hydrogen) atoms. The lowest BCUT2D eigenvalue weighted by molar-refractivity contribution is 0.0694. The molecule has 0 radical (unpaired) electrons. The summed E-state index contributed by atoms with van der Waals surface area (Å²) in [5.41, 5.74) is 6.63. The average Bonchev–Trinajstić information content (AvgIpc) is 2.44. The minimum absolute atomic E-state index is 0.00173. The van der Waals surface area contributed by atoms with Crippen molar-refractivity contribution >= 4 is 0 Å². The summed E-state index contributed by atoms with van der Waals surface area (Å²) in [7, 11) is 4.86. The quantitative estimate of drug-likeness (QED) is 0.777. The summed E-state index contributed by atoms with van der Waals surface area (Å²) < 4.78 is 21.6. The number of rotatable bonds is 8. The fourth-order valence-electron chi connectivity index (χ4n) is 1.66. The van der Waals surface area contributed by atoms with E-state index in [0.29, 0.717) is 30.4 Å². The van der Waals surface area contributed by atoms with Crippen molar-refractivity contribution in [2.45, 2.75) is 19.4 Å². The molecule has 0 fully saturated rings. The van der Waals surface area contributed by atoms with Crippen LogP contribution in [-0.4, -0.2) is 40.6 Å². The zero-order chi connectivity index (χ0) is 14.3. The van der Waals surface area contributed by atoms with Crippen LogP contribution >= 0.6 is 0 Å². The molecule has 108 valence electrons. The molecule has 1 aromatic carbocycles. The van der Waals surface area contributed by atoms with E-state index >= 15 is 0 Å². The van der Waals surface area contributed by atoms with Crippen LogP contribution < -0.4 is 19.9 Å².